The number of hydrogen-bond acceptors (Lipinski definition) is 2. The van der Waals surface area contributed by atoms with E-state index in [-0.39, 0.29) is 18.0 Å². The van der Waals surface area contributed by atoms with E-state index < -0.39 is 6.04 Å². The van der Waals surface area contributed by atoms with Crippen LogP contribution in [-0.4, -0.2) is 27.9 Å². The summed E-state index contributed by atoms with van der Waals surface area (Å²) in [7, 11) is 0. The van der Waals surface area contributed by atoms with Gasteiger partial charge in [-0.1, -0.05) is 60.7 Å². The normalized spacial score (nSPS) is 19.8. The van der Waals surface area contributed by atoms with Gasteiger partial charge in [0.05, 0.1) is 11.7 Å². The summed E-state index contributed by atoms with van der Waals surface area (Å²) in [6, 6.07) is 25.3. The molecule has 1 fully saturated rings. The van der Waals surface area contributed by atoms with Gasteiger partial charge in [0, 0.05) is 23.0 Å². The summed E-state index contributed by atoms with van der Waals surface area (Å²) >= 11 is 0. The summed E-state index contributed by atoms with van der Waals surface area (Å²) in [6.45, 7) is 1.97. The molecular weight excluding hydrogens is 410 g/mol. The first-order valence-corrected chi connectivity index (χ1v) is 11.5. The molecule has 1 aromatic heterocycles. The van der Waals surface area contributed by atoms with E-state index in [0.717, 1.165) is 40.6 Å². The highest BCUT2D eigenvalue weighted by atomic mass is 16.2. The van der Waals surface area contributed by atoms with E-state index in [0.29, 0.717) is 12.1 Å². The number of aryl methyl sites for hydroxylation is 2. The number of carbonyl (C=O) groups excluding carboxylic acids is 2. The first-order chi connectivity index (χ1) is 16.1. The number of aromatic nitrogens is 1. The van der Waals surface area contributed by atoms with Crippen molar-refractivity contribution in [2.24, 2.45) is 0 Å². The van der Waals surface area contributed by atoms with Crippen LogP contribution in [0.4, 0.5) is 10.5 Å². The minimum atomic E-state index is -0.481. The van der Waals surface area contributed by atoms with E-state index in [9.17, 15) is 9.59 Å². The fraction of sp³-hybridized carbons (Fsp3) is 0.214. The van der Waals surface area contributed by atoms with Gasteiger partial charge in [0.2, 0.25) is 0 Å². The molecule has 3 amide bonds. The Morgan fingerprint density at radius 2 is 1.73 bits per heavy atom. The maximum atomic E-state index is 13.7. The molecule has 1 N–H and O–H groups in total. The fourth-order valence-electron chi connectivity index (χ4n) is 5.44. The Kier molecular flexibility index (Phi) is 4.57. The van der Waals surface area contributed by atoms with Crippen molar-refractivity contribution in [1.29, 1.82) is 0 Å². The Bertz CT molecular complexity index is 1370. The van der Waals surface area contributed by atoms with Crippen LogP contribution < -0.4 is 4.90 Å². The lowest BCUT2D eigenvalue weighted by Gasteiger charge is -2.35. The fourth-order valence-corrected chi connectivity index (χ4v) is 5.44. The Hall–Kier alpha value is -3.86. The third kappa shape index (κ3) is 3.15. The number of H-pyrrole nitrogens is 1. The van der Waals surface area contributed by atoms with Gasteiger partial charge in [-0.3, -0.25) is 4.79 Å². The molecule has 3 aromatic carbocycles. The van der Waals surface area contributed by atoms with Crippen molar-refractivity contribution in [3.8, 4) is 0 Å². The van der Waals surface area contributed by atoms with E-state index in [1.54, 1.807) is 0 Å². The quantitative estimate of drug-likeness (QED) is 0.428. The van der Waals surface area contributed by atoms with Gasteiger partial charge >= 0.3 is 6.03 Å². The molecule has 1 saturated heterocycles. The van der Waals surface area contributed by atoms with Gasteiger partial charge in [0.25, 0.3) is 5.91 Å². The number of rotatable bonds is 4. The summed E-state index contributed by atoms with van der Waals surface area (Å²) in [5, 5.41) is 1.14. The van der Waals surface area contributed by atoms with Gasteiger partial charge in [-0.2, -0.15) is 0 Å². The number of imide groups is 1. The van der Waals surface area contributed by atoms with Crippen LogP contribution in [0.5, 0.6) is 0 Å². The molecule has 0 spiro atoms. The highest BCUT2D eigenvalue weighted by Gasteiger charge is 2.52. The van der Waals surface area contributed by atoms with Gasteiger partial charge in [0.1, 0.15) is 6.04 Å². The molecule has 5 nitrogen and oxygen atoms in total. The number of para-hydroxylation sites is 1. The van der Waals surface area contributed by atoms with Gasteiger partial charge in [-0.15, -0.1) is 0 Å². The number of nitrogens with one attached hydrogen (secondary N) is 1. The van der Waals surface area contributed by atoms with Gasteiger partial charge in [0.15, 0.2) is 0 Å². The zero-order valence-corrected chi connectivity index (χ0v) is 18.5. The van der Waals surface area contributed by atoms with Crippen LogP contribution in [0.3, 0.4) is 0 Å². The number of urea groups is 1. The smallest absolute Gasteiger partial charge is 0.332 e. The predicted molar refractivity (Wildman–Crippen MR) is 129 cm³/mol. The molecule has 0 bridgehead atoms. The van der Waals surface area contributed by atoms with Crippen LogP contribution in [0.1, 0.15) is 34.8 Å². The van der Waals surface area contributed by atoms with E-state index in [1.165, 1.54) is 10.5 Å². The third-order valence-corrected chi connectivity index (χ3v) is 6.98. The van der Waals surface area contributed by atoms with Gasteiger partial charge < -0.3 is 9.88 Å². The second-order valence-electron chi connectivity index (χ2n) is 9.03. The molecule has 6 rings (SSSR count). The van der Waals surface area contributed by atoms with Crippen molar-refractivity contribution in [1.82, 2.24) is 9.88 Å². The van der Waals surface area contributed by atoms with Crippen LogP contribution in [0.25, 0.3) is 10.9 Å². The zero-order chi connectivity index (χ0) is 22.5. The molecule has 0 aliphatic carbocycles. The van der Waals surface area contributed by atoms with E-state index in [2.05, 4.69) is 29.2 Å². The van der Waals surface area contributed by atoms with Crippen LogP contribution in [0, 0.1) is 6.92 Å². The van der Waals surface area contributed by atoms with E-state index >= 15 is 0 Å². The molecule has 0 unspecified atom stereocenters. The molecule has 164 valence electrons. The lowest BCUT2D eigenvalue weighted by molar-refractivity contribution is -0.120. The average Bonchev–Trinajstić information content (AvgIpc) is 3.32. The standard InChI is InChI=1S/C28H25N3O2/c1-18-8-7-11-20(16-18)30-27(32)25-17-22-21-12-5-6-13-23(21)29-26(22)24(31(25)28(30)33)15-14-19-9-3-2-4-10-19/h2-13,16,24-25,29H,14-15,17H2,1H3/t24-,25-/m1/s1. The minimum Gasteiger partial charge on any atom is -0.356 e. The topological polar surface area (TPSA) is 56.4 Å². The first-order valence-electron chi connectivity index (χ1n) is 11.5. The summed E-state index contributed by atoms with van der Waals surface area (Å²) in [5.41, 5.74) is 6.19. The number of carbonyl (C=O) groups is 2. The van der Waals surface area contributed by atoms with Crippen molar-refractivity contribution in [3.63, 3.8) is 0 Å². The van der Waals surface area contributed by atoms with Crippen molar-refractivity contribution < 1.29 is 9.59 Å². The number of benzene rings is 3. The van der Waals surface area contributed by atoms with E-state index in [1.807, 2.05) is 66.4 Å². The number of amides is 3. The number of anilines is 1. The maximum absolute atomic E-state index is 13.7. The average molecular weight is 436 g/mol. The number of fused-ring (bicyclic) bond motifs is 4. The summed E-state index contributed by atoms with van der Waals surface area (Å²) < 4.78 is 0. The van der Waals surface area contributed by atoms with Gasteiger partial charge in [-0.05, 0) is 54.7 Å². The highest BCUT2D eigenvalue weighted by molar-refractivity contribution is 6.22. The van der Waals surface area contributed by atoms with Crippen LogP contribution >= 0.6 is 0 Å². The molecule has 2 aliphatic rings. The molecule has 33 heavy (non-hydrogen) atoms. The van der Waals surface area contributed by atoms with Crippen LogP contribution in [-0.2, 0) is 17.6 Å². The SMILES string of the molecule is Cc1cccc(N2C(=O)[C@H]3Cc4c([nH]c5ccccc45)[C@@H](CCc4ccccc4)N3C2=O)c1. The van der Waals surface area contributed by atoms with Crippen LogP contribution in [0.2, 0.25) is 0 Å². The predicted octanol–water partition coefficient (Wildman–Crippen LogP) is 5.54. The van der Waals surface area contributed by atoms with E-state index in [4.69, 9.17) is 0 Å². The second kappa shape index (κ2) is 7.62. The Balaban J connectivity index is 1.44. The molecule has 2 aliphatic heterocycles. The molecule has 0 radical (unpaired) electrons. The largest absolute Gasteiger partial charge is 0.356 e. The molecule has 2 atom stereocenters. The Morgan fingerprint density at radius 3 is 2.55 bits per heavy atom. The third-order valence-electron chi connectivity index (χ3n) is 6.98. The Labute approximate surface area is 192 Å². The summed E-state index contributed by atoms with van der Waals surface area (Å²) in [5.74, 6) is -0.133. The number of nitrogens with zero attached hydrogens (tertiary/aromatic N) is 2. The second-order valence-corrected chi connectivity index (χ2v) is 9.03. The van der Waals surface area contributed by atoms with Gasteiger partial charge in [-0.25, -0.2) is 9.69 Å². The van der Waals surface area contributed by atoms with Crippen molar-refractivity contribution >= 4 is 28.5 Å². The minimum absolute atomic E-state index is 0.133. The molecule has 0 saturated carbocycles. The molecular formula is C28H25N3O2. The monoisotopic (exact) mass is 435 g/mol. The van der Waals surface area contributed by atoms with Crippen molar-refractivity contribution in [2.45, 2.75) is 38.3 Å². The maximum Gasteiger partial charge on any atom is 0.332 e. The highest BCUT2D eigenvalue weighted by Crippen LogP contribution is 2.43. The Morgan fingerprint density at radius 1 is 0.939 bits per heavy atom. The molecule has 4 aromatic rings. The molecule has 3 heterocycles. The summed E-state index contributed by atoms with van der Waals surface area (Å²) in [6.07, 6.45) is 2.12. The first kappa shape index (κ1) is 19.8. The lowest BCUT2D eigenvalue weighted by Crippen LogP contribution is -2.43. The lowest BCUT2D eigenvalue weighted by atomic mass is 9.89. The summed E-state index contributed by atoms with van der Waals surface area (Å²) in [4.78, 5) is 34.1. The van der Waals surface area contributed by atoms with Crippen molar-refractivity contribution in [2.75, 3.05) is 4.90 Å². The molecule has 5 heteroatoms. The number of aromatic amines is 1. The van der Waals surface area contributed by atoms with Crippen LogP contribution in [0.15, 0.2) is 78.9 Å². The number of hydrogen-bond donors (Lipinski definition) is 1. The van der Waals surface area contributed by atoms with Crippen molar-refractivity contribution in [3.05, 3.63) is 101 Å². The zero-order valence-electron chi connectivity index (χ0n) is 18.5.